The molecule has 3 N–H and O–H groups in total. The summed E-state index contributed by atoms with van der Waals surface area (Å²) < 4.78 is 0. The second-order valence-corrected chi connectivity index (χ2v) is 5.63. The fourth-order valence-corrected chi connectivity index (χ4v) is 2.41. The Bertz CT molecular complexity index is 620. The van der Waals surface area contributed by atoms with E-state index in [-0.39, 0.29) is 11.9 Å². The van der Waals surface area contributed by atoms with Crippen LogP contribution < -0.4 is 11.1 Å². The van der Waals surface area contributed by atoms with Crippen LogP contribution >= 0.6 is 0 Å². The summed E-state index contributed by atoms with van der Waals surface area (Å²) in [5.41, 5.74) is 9.10. The highest BCUT2D eigenvalue weighted by atomic mass is 16.1. The summed E-state index contributed by atoms with van der Waals surface area (Å²) in [7, 11) is 0. The van der Waals surface area contributed by atoms with Crippen molar-refractivity contribution in [1.82, 2.24) is 5.32 Å². The van der Waals surface area contributed by atoms with Gasteiger partial charge in [-0.1, -0.05) is 50.2 Å². The zero-order valence-electron chi connectivity index (χ0n) is 12.8. The lowest BCUT2D eigenvalue weighted by Gasteiger charge is -2.23. The van der Waals surface area contributed by atoms with Crippen LogP contribution in [0.1, 0.15) is 41.4 Å². The Balaban J connectivity index is 2.25. The first-order valence-electron chi connectivity index (χ1n) is 7.21. The number of nitrogens with two attached hydrogens (primary N) is 1. The lowest BCUT2D eigenvalue weighted by Crippen LogP contribution is -2.32. The number of nitrogens with one attached hydrogen (secondary N) is 1. The van der Waals surface area contributed by atoms with Crippen LogP contribution in [-0.4, -0.2) is 5.91 Å². The summed E-state index contributed by atoms with van der Waals surface area (Å²) in [5, 5.41) is 3.12. The number of carbonyl (C=O) groups is 1. The SMILES string of the molecule is Cc1c(N)cccc1C(=O)NC(c1ccccc1)C(C)C. The molecule has 0 spiro atoms. The number of amides is 1. The minimum absolute atomic E-state index is 0.0143. The largest absolute Gasteiger partial charge is 0.398 e. The van der Waals surface area contributed by atoms with Crippen molar-refractivity contribution in [3.63, 3.8) is 0 Å². The third-order valence-electron chi connectivity index (χ3n) is 3.73. The third-order valence-corrected chi connectivity index (χ3v) is 3.73. The molecule has 0 bridgehead atoms. The van der Waals surface area contributed by atoms with Gasteiger partial charge in [0.15, 0.2) is 0 Å². The Morgan fingerprint density at radius 1 is 1.05 bits per heavy atom. The molecule has 2 rings (SSSR count). The summed E-state index contributed by atoms with van der Waals surface area (Å²) in [6.07, 6.45) is 0. The highest BCUT2D eigenvalue weighted by molar-refractivity contribution is 5.97. The zero-order chi connectivity index (χ0) is 15.4. The lowest BCUT2D eigenvalue weighted by atomic mass is 9.95. The monoisotopic (exact) mass is 282 g/mol. The van der Waals surface area contributed by atoms with Crippen LogP contribution in [-0.2, 0) is 0 Å². The van der Waals surface area contributed by atoms with Crippen molar-refractivity contribution < 1.29 is 4.79 Å². The molecule has 2 aromatic rings. The number of hydrogen-bond donors (Lipinski definition) is 2. The average Bonchev–Trinajstić information content (AvgIpc) is 2.48. The van der Waals surface area contributed by atoms with E-state index in [1.807, 2.05) is 55.5 Å². The summed E-state index contributed by atoms with van der Waals surface area (Å²) >= 11 is 0. The molecule has 2 aromatic carbocycles. The molecule has 0 aromatic heterocycles. The molecule has 1 atom stereocenters. The van der Waals surface area contributed by atoms with Crippen molar-refractivity contribution in [1.29, 1.82) is 0 Å². The Kier molecular flexibility index (Phi) is 4.63. The zero-order valence-corrected chi connectivity index (χ0v) is 12.8. The van der Waals surface area contributed by atoms with Gasteiger partial charge in [-0.25, -0.2) is 0 Å². The smallest absolute Gasteiger partial charge is 0.252 e. The van der Waals surface area contributed by atoms with Gasteiger partial charge >= 0.3 is 0 Å². The van der Waals surface area contributed by atoms with Crippen LogP contribution in [0.15, 0.2) is 48.5 Å². The number of rotatable bonds is 4. The lowest BCUT2D eigenvalue weighted by molar-refractivity contribution is 0.0925. The van der Waals surface area contributed by atoms with Crippen LogP contribution in [0.2, 0.25) is 0 Å². The summed E-state index contributed by atoms with van der Waals surface area (Å²) in [4.78, 5) is 12.5. The van der Waals surface area contributed by atoms with Gasteiger partial charge in [-0.2, -0.15) is 0 Å². The van der Waals surface area contributed by atoms with Gasteiger partial charge in [0.25, 0.3) is 5.91 Å². The molecule has 110 valence electrons. The van der Waals surface area contributed by atoms with E-state index < -0.39 is 0 Å². The molecule has 0 heterocycles. The number of hydrogen-bond acceptors (Lipinski definition) is 2. The molecule has 1 amide bonds. The van der Waals surface area contributed by atoms with Gasteiger partial charge in [-0.3, -0.25) is 4.79 Å². The second-order valence-electron chi connectivity index (χ2n) is 5.63. The van der Waals surface area contributed by atoms with Crippen molar-refractivity contribution in [3.8, 4) is 0 Å². The maximum atomic E-state index is 12.5. The molecule has 3 nitrogen and oxygen atoms in total. The molecule has 0 saturated heterocycles. The quantitative estimate of drug-likeness (QED) is 0.840. The molecule has 0 aliphatic carbocycles. The van der Waals surface area contributed by atoms with Crippen LogP contribution in [0.3, 0.4) is 0 Å². The number of benzene rings is 2. The summed E-state index contributed by atoms with van der Waals surface area (Å²) in [6.45, 7) is 6.07. The van der Waals surface area contributed by atoms with E-state index in [2.05, 4.69) is 19.2 Å². The number of carbonyl (C=O) groups excluding carboxylic acids is 1. The van der Waals surface area contributed by atoms with E-state index in [9.17, 15) is 4.79 Å². The number of anilines is 1. The first kappa shape index (κ1) is 15.1. The van der Waals surface area contributed by atoms with Gasteiger partial charge < -0.3 is 11.1 Å². The fraction of sp³-hybridized carbons (Fsp3) is 0.278. The maximum absolute atomic E-state index is 12.5. The fourth-order valence-electron chi connectivity index (χ4n) is 2.41. The highest BCUT2D eigenvalue weighted by Gasteiger charge is 2.20. The molecule has 1 unspecified atom stereocenters. The molecule has 0 saturated carbocycles. The number of nitrogen functional groups attached to an aromatic ring is 1. The van der Waals surface area contributed by atoms with Crippen LogP contribution in [0.5, 0.6) is 0 Å². The van der Waals surface area contributed by atoms with Gasteiger partial charge in [-0.05, 0) is 36.1 Å². The van der Waals surface area contributed by atoms with Gasteiger partial charge in [0.2, 0.25) is 0 Å². The molecule has 3 heteroatoms. The standard InChI is InChI=1S/C18H22N2O/c1-12(2)17(14-8-5-4-6-9-14)20-18(21)15-10-7-11-16(19)13(15)3/h4-12,17H,19H2,1-3H3,(H,20,21). The topological polar surface area (TPSA) is 55.1 Å². The van der Waals surface area contributed by atoms with Crippen LogP contribution in [0, 0.1) is 12.8 Å². The Morgan fingerprint density at radius 3 is 2.33 bits per heavy atom. The molecule has 0 aliphatic heterocycles. The van der Waals surface area contributed by atoms with E-state index in [1.54, 1.807) is 0 Å². The Labute approximate surface area is 126 Å². The van der Waals surface area contributed by atoms with E-state index in [4.69, 9.17) is 5.73 Å². The van der Waals surface area contributed by atoms with Crippen molar-refractivity contribution in [3.05, 3.63) is 65.2 Å². The normalized spacial score (nSPS) is 12.2. The van der Waals surface area contributed by atoms with Crippen molar-refractivity contribution >= 4 is 11.6 Å². The second kappa shape index (κ2) is 6.44. The van der Waals surface area contributed by atoms with Crippen molar-refractivity contribution in [2.24, 2.45) is 5.92 Å². The van der Waals surface area contributed by atoms with Gasteiger partial charge in [0.05, 0.1) is 6.04 Å². The predicted octanol–water partition coefficient (Wildman–Crippen LogP) is 3.70. The molecule has 21 heavy (non-hydrogen) atoms. The van der Waals surface area contributed by atoms with Crippen molar-refractivity contribution in [2.45, 2.75) is 26.8 Å². The first-order chi connectivity index (χ1) is 10.0. The molecular weight excluding hydrogens is 260 g/mol. The highest BCUT2D eigenvalue weighted by Crippen LogP contribution is 2.23. The predicted molar refractivity (Wildman–Crippen MR) is 87.1 cm³/mol. The van der Waals surface area contributed by atoms with E-state index in [0.29, 0.717) is 17.2 Å². The van der Waals surface area contributed by atoms with Crippen LogP contribution in [0.25, 0.3) is 0 Å². The molecular formula is C18H22N2O. The summed E-state index contributed by atoms with van der Waals surface area (Å²) in [5.74, 6) is 0.222. The third kappa shape index (κ3) is 3.43. The maximum Gasteiger partial charge on any atom is 0.252 e. The minimum atomic E-state index is -0.0812. The molecule has 0 radical (unpaired) electrons. The Hall–Kier alpha value is -2.29. The van der Waals surface area contributed by atoms with E-state index >= 15 is 0 Å². The van der Waals surface area contributed by atoms with Gasteiger partial charge in [-0.15, -0.1) is 0 Å². The van der Waals surface area contributed by atoms with Crippen LogP contribution in [0.4, 0.5) is 5.69 Å². The van der Waals surface area contributed by atoms with Gasteiger partial charge in [0.1, 0.15) is 0 Å². The summed E-state index contributed by atoms with van der Waals surface area (Å²) in [6, 6.07) is 15.4. The first-order valence-corrected chi connectivity index (χ1v) is 7.21. The van der Waals surface area contributed by atoms with E-state index in [0.717, 1.165) is 11.1 Å². The van der Waals surface area contributed by atoms with Crippen molar-refractivity contribution in [2.75, 3.05) is 5.73 Å². The van der Waals surface area contributed by atoms with E-state index in [1.165, 1.54) is 0 Å². The minimum Gasteiger partial charge on any atom is -0.398 e. The van der Waals surface area contributed by atoms with Gasteiger partial charge in [0, 0.05) is 11.3 Å². The molecule has 0 fully saturated rings. The average molecular weight is 282 g/mol. The molecule has 0 aliphatic rings. The Morgan fingerprint density at radius 2 is 1.71 bits per heavy atom.